The van der Waals surface area contributed by atoms with Gasteiger partial charge >= 0.3 is 0 Å². The maximum Gasteiger partial charge on any atom is 0.216 e. The van der Waals surface area contributed by atoms with Crippen LogP contribution in [0.3, 0.4) is 0 Å². The van der Waals surface area contributed by atoms with E-state index in [0.29, 0.717) is 24.4 Å². The molecule has 1 saturated carbocycles. The molecule has 0 aromatic carbocycles. The van der Waals surface area contributed by atoms with Crippen LogP contribution < -0.4 is 15.8 Å². The summed E-state index contributed by atoms with van der Waals surface area (Å²) in [5, 5.41) is 3.21. The fourth-order valence-corrected chi connectivity index (χ4v) is 1.90. The first-order valence-electron chi connectivity index (χ1n) is 6.34. The fraction of sp³-hybridized carbons (Fsp3) is 0.538. The summed E-state index contributed by atoms with van der Waals surface area (Å²) in [6.07, 6.45) is 6.19. The number of pyridine rings is 1. The van der Waals surface area contributed by atoms with Crippen molar-refractivity contribution in [1.29, 1.82) is 0 Å². The summed E-state index contributed by atoms with van der Waals surface area (Å²) in [5.74, 6) is 1.21. The van der Waals surface area contributed by atoms with Crippen molar-refractivity contribution in [3.63, 3.8) is 0 Å². The Morgan fingerprint density at radius 3 is 3.11 bits per heavy atom. The number of hydrogen-bond acceptors (Lipinski definition) is 3. The van der Waals surface area contributed by atoms with Crippen molar-refractivity contribution in [2.75, 3.05) is 13.7 Å². The predicted octanol–water partition coefficient (Wildman–Crippen LogP) is 1.09. The zero-order valence-corrected chi connectivity index (χ0v) is 10.7. The maximum absolute atomic E-state index is 5.81. The molecule has 98 valence electrons. The quantitative estimate of drug-likeness (QED) is 0.604. The second-order valence-corrected chi connectivity index (χ2v) is 4.46. The molecule has 1 aliphatic rings. The summed E-state index contributed by atoms with van der Waals surface area (Å²) in [6, 6.07) is 4.43. The SMILES string of the molecule is COc1ncccc1CCN=C(N)NC1CCC1. The van der Waals surface area contributed by atoms with Crippen LogP contribution in [0.15, 0.2) is 23.3 Å². The molecule has 0 spiro atoms. The Kier molecular flexibility index (Phi) is 4.39. The second-order valence-electron chi connectivity index (χ2n) is 4.46. The minimum absolute atomic E-state index is 0.529. The van der Waals surface area contributed by atoms with E-state index in [-0.39, 0.29) is 0 Å². The first kappa shape index (κ1) is 12.7. The van der Waals surface area contributed by atoms with Crippen LogP contribution in [0.4, 0.5) is 0 Å². The van der Waals surface area contributed by atoms with E-state index in [1.165, 1.54) is 19.3 Å². The van der Waals surface area contributed by atoms with Crippen molar-refractivity contribution in [2.24, 2.45) is 10.7 Å². The number of methoxy groups -OCH3 is 1. The van der Waals surface area contributed by atoms with Gasteiger partial charge < -0.3 is 15.8 Å². The van der Waals surface area contributed by atoms with E-state index in [1.807, 2.05) is 12.1 Å². The molecule has 18 heavy (non-hydrogen) atoms. The van der Waals surface area contributed by atoms with E-state index >= 15 is 0 Å². The molecule has 5 heteroatoms. The van der Waals surface area contributed by atoms with Gasteiger partial charge in [-0.3, -0.25) is 4.99 Å². The highest BCUT2D eigenvalue weighted by atomic mass is 16.5. The van der Waals surface area contributed by atoms with Crippen LogP contribution in [0.2, 0.25) is 0 Å². The molecule has 1 aromatic rings. The Bertz CT molecular complexity index is 415. The number of nitrogens with one attached hydrogen (secondary N) is 1. The first-order chi connectivity index (χ1) is 8.79. The summed E-state index contributed by atoms with van der Waals surface area (Å²) in [4.78, 5) is 8.46. The van der Waals surface area contributed by atoms with Gasteiger partial charge in [0.1, 0.15) is 0 Å². The molecule has 0 atom stereocenters. The van der Waals surface area contributed by atoms with Crippen LogP contribution in [0, 0.1) is 0 Å². The third-order valence-corrected chi connectivity index (χ3v) is 3.16. The van der Waals surface area contributed by atoms with E-state index in [9.17, 15) is 0 Å². The smallest absolute Gasteiger partial charge is 0.216 e. The lowest BCUT2D eigenvalue weighted by molar-refractivity contribution is 0.382. The third-order valence-electron chi connectivity index (χ3n) is 3.16. The largest absolute Gasteiger partial charge is 0.481 e. The van der Waals surface area contributed by atoms with Gasteiger partial charge in [-0.1, -0.05) is 6.07 Å². The minimum atomic E-state index is 0.529. The number of rotatable bonds is 5. The van der Waals surface area contributed by atoms with Crippen LogP contribution in [0.5, 0.6) is 5.88 Å². The standard InChI is InChI=1S/C13H20N4O/c1-18-12-10(4-3-8-15-12)7-9-16-13(14)17-11-5-2-6-11/h3-4,8,11H,2,5-7,9H2,1H3,(H3,14,16,17). The van der Waals surface area contributed by atoms with Crippen molar-refractivity contribution in [2.45, 2.75) is 31.7 Å². The Morgan fingerprint density at radius 1 is 1.61 bits per heavy atom. The maximum atomic E-state index is 5.81. The van der Waals surface area contributed by atoms with Crippen molar-refractivity contribution >= 4 is 5.96 Å². The van der Waals surface area contributed by atoms with Crippen molar-refractivity contribution in [3.8, 4) is 5.88 Å². The molecule has 0 unspecified atom stereocenters. The van der Waals surface area contributed by atoms with Gasteiger partial charge in [-0.2, -0.15) is 0 Å². The highest BCUT2D eigenvalue weighted by Crippen LogP contribution is 2.17. The van der Waals surface area contributed by atoms with Crippen LogP contribution in [-0.2, 0) is 6.42 Å². The molecular formula is C13H20N4O. The third kappa shape index (κ3) is 3.35. The van der Waals surface area contributed by atoms with Crippen LogP contribution in [0.25, 0.3) is 0 Å². The van der Waals surface area contributed by atoms with Gasteiger partial charge in [0.05, 0.1) is 7.11 Å². The molecule has 2 rings (SSSR count). The van der Waals surface area contributed by atoms with E-state index in [1.54, 1.807) is 13.3 Å². The fourth-order valence-electron chi connectivity index (χ4n) is 1.90. The summed E-state index contributed by atoms with van der Waals surface area (Å²) >= 11 is 0. The number of guanidine groups is 1. The first-order valence-corrected chi connectivity index (χ1v) is 6.34. The van der Waals surface area contributed by atoms with Gasteiger partial charge in [0, 0.05) is 24.3 Å². The second kappa shape index (κ2) is 6.23. The molecule has 3 N–H and O–H groups in total. The Morgan fingerprint density at radius 2 is 2.44 bits per heavy atom. The van der Waals surface area contributed by atoms with Crippen LogP contribution in [0.1, 0.15) is 24.8 Å². The van der Waals surface area contributed by atoms with Crippen molar-refractivity contribution in [3.05, 3.63) is 23.9 Å². The van der Waals surface area contributed by atoms with Crippen molar-refractivity contribution < 1.29 is 4.74 Å². The summed E-state index contributed by atoms with van der Waals surface area (Å²) in [7, 11) is 1.63. The van der Waals surface area contributed by atoms with E-state index < -0.39 is 0 Å². The normalized spacial score (nSPS) is 16.2. The van der Waals surface area contributed by atoms with Crippen LogP contribution in [-0.4, -0.2) is 30.6 Å². The molecule has 5 nitrogen and oxygen atoms in total. The average molecular weight is 248 g/mol. The number of aromatic nitrogens is 1. The number of ether oxygens (including phenoxy) is 1. The highest BCUT2D eigenvalue weighted by Gasteiger charge is 2.17. The van der Waals surface area contributed by atoms with Crippen molar-refractivity contribution in [1.82, 2.24) is 10.3 Å². The van der Waals surface area contributed by atoms with Gasteiger partial charge in [0.15, 0.2) is 5.96 Å². The lowest BCUT2D eigenvalue weighted by Gasteiger charge is -2.26. The number of hydrogen-bond donors (Lipinski definition) is 2. The predicted molar refractivity (Wildman–Crippen MR) is 71.8 cm³/mol. The highest BCUT2D eigenvalue weighted by molar-refractivity contribution is 5.78. The Balaban J connectivity index is 1.81. The van der Waals surface area contributed by atoms with Gasteiger partial charge in [0.25, 0.3) is 0 Å². The summed E-state index contributed by atoms with van der Waals surface area (Å²) in [5.41, 5.74) is 6.87. The van der Waals surface area contributed by atoms with Gasteiger partial charge in [-0.25, -0.2) is 4.98 Å². The molecule has 0 bridgehead atoms. The summed E-state index contributed by atoms with van der Waals surface area (Å²) < 4.78 is 5.19. The lowest BCUT2D eigenvalue weighted by Crippen LogP contribution is -2.43. The van der Waals surface area contributed by atoms with E-state index in [2.05, 4.69) is 15.3 Å². The van der Waals surface area contributed by atoms with Gasteiger partial charge in [0.2, 0.25) is 5.88 Å². The van der Waals surface area contributed by atoms with E-state index in [0.717, 1.165) is 12.0 Å². The van der Waals surface area contributed by atoms with E-state index in [4.69, 9.17) is 10.5 Å². The molecule has 1 fully saturated rings. The Labute approximate surface area is 107 Å². The topological polar surface area (TPSA) is 72.5 Å². The zero-order valence-electron chi connectivity index (χ0n) is 10.7. The molecule has 1 heterocycles. The minimum Gasteiger partial charge on any atom is -0.481 e. The Hall–Kier alpha value is -1.78. The van der Waals surface area contributed by atoms with Gasteiger partial charge in [-0.05, 0) is 31.7 Å². The molecule has 0 amide bonds. The van der Waals surface area contributed by atoms with Gasteiger partial charge in [-0.15, -0.1) is 0 Å². The zero-order chi connectivity index (χ0) is 12.8. The average Bonchev–Trinajstić information content (AvgIpc) is 2.34. The molecule has 0 radical (unpaired) electrons. The lowest BCUT2D eigenvalue weighted by atomic mass is 9.93. The van der Waals surface area contributed by atoms with Crippen LogP contribution >= 0.6 is 0 Å². The number of aliphatic imine (C=N–C) groups is 1. The summed E-state index contributed by atoms with van der Waals surface area (Å²) in [6.45, 7) is 0.646. The molecule has 1 aromatic heterocycles. The molecule has 0 saturated heterocycles. The molecule has 0 aliphatic heterocycles. The molecule has 1 aliphatic carbocycles. The molecular weight excluding hydrogens is 228 g/mol. The monoisotopic (exact) mass is 248 g/mol. The number of nitrogens with zero attached hydrogens (tertiary/aromatic N) is 2. The number of nitrogens with two attached hydrogens (primary N) is 1.